The number of carbonyl (C=O) groups is 1. The fraction of sp³-hybridized carbons (Fsp3) is 0.350. The molecule has 0 aromatic carbocycles. The van der Waals surface area contributed by atoms with Gasteiger partial charge in [-0.1, -0.05) is 6.07 Å². The molecule has 130 valence electrons. The van der Waals surface area contributed by atoms with Crippen molar-refractivity contribution >= 4 is 12.0 Å². The van der Waals surface area contributed by atoms with Gasteiger partial charge >= 0.3 is 0 Å². The molecule has 25 heavy (non-hydrogen) atoms. The van der Waals surface area contributed by atoms with Crippen LogP contribution >= 0.6 is 0 Å². The van der Waals surface area contributed by atoms with Crippen molar-refractivity contribution in [1.82, 2.24) is 19.8 Å². The second kappa shape index (κ2) is 8.03. The highest BCUT2D eigenvalue weighted by Gasteiger charge is 2.29. The molecule has 0 radical (unpaired) electrons. The second-order valence-corrected chi connectivity index (χ2v) is 6.63. The molecule has 1 fully saturated rings. The van der Waals surface area contributed by atoms with Gasteiger partial charge in [-0.25, -0.2) is 0 Å². The summed E-state index contributed by atoms with van der Waals surface area (Å²) in [6, 6.07) is 8.01. The van der Waals surface area contributed by atoms with E-state index in [1.54, 1.807) is 18.5 Å². The lowest BCUT2D eigenvalue weighted by atomic mass is 10.1. The molecule has 0 N–H and O–H groups in total. The quantitative estimate of drug-likeness (QED) is 0.788. The molecule has 0 saturated carbocycles. The number of rotatable bonds is 5. The van der Waals surface area contributed by atoms with Gasteiger partial charge in [0.15, 0.2) is 0 Å². The van der Waals surface area contributed by atoms with Crippen molar-refractivity contribution in [3.63, 3.8) is 0 Å². The predicted molar refractivity (Wildman–Crippen MR) is 98.6 cm³/mol. The largest absolute Gasteiger partial charge is 0.331 e. The van der Waals surface area contributed by atoms with Crippen LogP contribution in [0.3, 0.4) is 0 Å². The van der Waals surface area contributed by atoms with Crippen LogP contribution in [-0.2, 0) is 11.3 Å². The minimum Gasteiger partial charge on any atom is -0.331 e. The summed E-state index contributed by atoms with van der Waals surface area (Å²) in [4.78, 5) is 25.2. The minimum absolute atomic E-state index is 0.0403. The first-order valence-corrected chi connectivity index (χ1v) is 8.62. The van der Waals surface area contributed by atoms with Crippen molar-refractivity contribution in [3.05, 3.63) is 65.8 Å². The van der Waals surface area contributed by atoms with Gasteiger partial charge in [0.1, 0.15) is 0 Å². The Balaban J connectivity index is 1.69. The number of nitrogens with zero attached hydrogens (tertiary/aromatic N) is 4. The Morgan fingerprint density at radius 1 is 1.28 bits per heavy atom. The average Bonchev–Trinajstić information content (AvgIpc) is 3.10. The minimum atomic E-state index is 0.0403. The maximum absolute atomic E-state index is 12.6. The molecule has 1 atom stereocenters. The maximum Gasteiger partial charge on any atom is 0.247 e. The fourth-order valence-electron chi connectivity index (χ4n) is 3.17. The summed E-state index contributed by atoms with van der Waals surface area (Å²) in [7, 11) is 4.08. The van der Waals surface area contributed by atoms with Gasteiger partial charge < -0.3 is 9.80 Å². The summed E-state index contributed by atoms with van der Waals surface area (Å²) in [5.74, 6) is 0.0403. The van der Waals surface area contributed by atoms with Gasteiger partial charge in [-0.05, 0) is 62.3 Å². The van der Waals surface area contributed by atoms with Crippen molar-refractivity contribution in [3.8, 4) is 0 Å². The molecular formula is C20H24N4O. The zero-order valence-electron chi connectivity index (χ0n) is 14.8. The Hall–Kier alpha value is -2.53. The highest BCUT2D eigenvalue weighted by molar-refractivity contribution is 5.92. The smallest absolute Gasteiger partial charge is 0.247 e. The van der Waals surface area contributed by atoms with Gasteiger partial charge in [-0.3, -0.25) is 14.8 Å². The monoisotopic (exact) mass is 336 g/mol. The number of aromatic nitrogens is 2. The number of hydrogen-bond donors (Lipinski definition) is 0. The molecular weight excluding hydrogens is 312 g/mol. The highest BCUT2D eigenvalue weighted by Crippen LogP contribution is 2.31. The summed E-state index contributed by atoms with van der Waals surface area (Å²) < 4.78 is 0. The van der Waals surface area contributed by atoms with Crippen LogP contribution in [-0.4, -0.2) is 46.3 Å². The van der Waals surface area contributed by atoms with E-state index in [0.29, 0.717) is 0 Å². The van der Waals surface area contributed by atoms with Crippen molar-refractivity contribution in [2.45, 2.75) is 25.4 Å². The molecule has 5 nitrogen and oxygen atoms in total. The number of amides is 1. The van der Waals surface area contributed by atoms with E-state index in [-0.39, 0.29) is 11.9 Å². The van der Waals surface area contributed by atoms with E-state index in [1.807, 2.05) is 43.4 Å². The molecule has 1 aliphatic heterocycles. The lowest BCUT2D eigenvalue weighted by molar-refractivity contribution is -0.126. The first-order valence-electron chi connectivity index (χ1n) is 8.62. The standard InChI is InChI=1S/C20H24N4O/c1-23(2)15-17-5-7-18(22-14-17)19-4-3-13-24(19)20(25)8-6-16-9-11-21-12-10-16/h5-12,14,19H,3-4,13,15H2,1-2H3/b8-6+. The van der Waals surface area contributed by atoms with Crippen LogP contribution in [0.2, 0.25) is 0 Å². The summed E-state index contributed by atoms with van der Waals surface area (Å²) in [6.07, 6.45) is 10.8. The van der Waals surface area contributed by atoms with Crippen molar-refractivity contribution in [2.75, 3.05) is 20.6 Å². The number of carbonyl (C=O) groups excluding carboxylic acids is 1. The third kappa shape index (κ3) is 4.51. The Bertz CT molecular complexity index is 725. The Labute approximate surface area is 149 Å². The molecule has 0 aliphatic carbocycles. The summed E-state index contributed by atoms with van der Waals surface area (Å²) in [5, 5.41) is 0. The summed E-state index contributed by atoms with van der Waals surface area (Å²) >= 11 is 0. The molecule has 1 saturated heterocycles. The number of pyridine rings is 2. The normalized spacial score (nSPS) is 17.6. The molecule has 1 unspecified atom stereocenters. The van der Waals surface area contributed by atoms with E-state index in [1.165, 1.54) is 5.56 Å². The van der Waals surface area contributed by atoms with Crippen LogP contribution in [0.25, 0.3) is 6.08 Å². The molecule has 2 aromatic rings. The highest BCUT2D eigenvalue weighted by atomic mass is 16.2. The summed E-state index contributed by atoms with van der Waals surface area (Å²) in [6.45, 7) is 1.65. The zero-order chi connectivity index (χ0) is 17.6. The van der Waals surface area contributed by atoms with Gasteiger partial charge in [-0.2, -0.15) is 0 Å². The number of likely N-dealkylation sites (tertiary alicyclic amines) is 1. The number of hydrogen-bond acceptors (Lipinski definition) is 4. The van der Waals surface area contributed by atoms with Crippen molar-refractivity contribution in [2.24, 2.45) is 0 Å². The van der Waals surface area contributed by atoms with Crippen LogP contribution in [0, 0.1) is 0 Å². The predicted octanol–water partition coefficient (Wildman–Crippen LogP) is 2.92. The second-order valence-electron chi connectivity index (χ2n) is 6.63. The average molecular weight is 336 g/mol. The third-order valence-electron chi connectivity index (χ3n) is 4.35. The van der Waals surface area contributed by atoms with Crippen LogP contribution in [0.1, 0.15) is 35.7 Å². The van der Waals surface area contributed by atoms with E-state index in [4.69, 9.17) is 0 Å². The van der Waals surface area contributed by atoms with E-state index in [2.05, 4.69) is 27.0 Å². The topological polar surface area (TPSA) is 49.3 Å². The Morgan fingerprint density at radius 3 is 2.76 bits per heavy atom. The first-order chi connectivity index (χ1) is 12.1. The van der Waals surface area contributed by atoms with E-state index in [0.717, 1.165) is 37.2 Å². The Kier molecular flexibility index (Phi) is 5.56. The van der Waals surface area contributed by atoms with Crippen LogP contribution in [0.4, 0.5) is 0 Å². The van der Waals surface area contributed by atoms with Gasteiger partial charge in [0.2, 0.25) is 5.91 Å². The lowest BCUT2D eigenvalue weighted by Gasteiger charge is -2.23. The van der Waals surface area contributed by atoms with E-state index in [9.17, 15) is 4.79 Å². The molecule has 3 rings (SSSR count). The molecule has 0 spiro atoms. The molecule has 3 heterocycles. The van der Waals surface area contributed by atoms with E-state index >= 15 is 0 Å². The van der Waals surface area contributed by atoms with Crippen LogP contribution in [0.5, 0.6) is 0 Å². The summed E-state index contributed by atoms with van der Waals surface area (Å²) in [5.41, 5.74) is 3.14. The van der Waals surface area contributed by atoms with E-state index < -0.39 is 0 Å². The van der Waals surface area contributed by atoms with Gasteiger partial charge in [0, 0.05) is 37.8 Å². The SMILES string of the molecule is CN(C)Cc1ccc(C2CCCN2C(=O)/C=C/c2ccncc2)nc1. The van der Waals surface area contributed by atoms with Gasteiger partial charge in [-0.15, -0.1) is 0 Å². The fourth-order valence-corrected chi connectivity index (χ4v) is 3.17. The van der Waals surface area contributed by atoms with Crippen molar-refractivity contribution in [1.29, 1.82) is 0 Å². The van der Waals surface area contributed by atoms with Crippen LogP contribution < -0.4 is 0 Å². The molecule has 1 aliphatic rings. The molecule has 5 heteroatoms. The molecule has 0 bridgehead atoms. The third-order valence-corrected chi connectivity index (χ3v) is 4.35. The van der Waals surface area contributed by atoms with Crippen molar-refractivity contribution < 1.29 is 4.79 Å². The maximum atomic E-state index is 12.6. The Morgan fingerprint density at radius 2 is 2.08 bits per heavy atom. The molecule has 1 amide bonds. The first kappa shape index (κ1) is 17.3. The molecule has 2 aromatic heterocycles. The van der Waals surface area contributed by atoms with Gasteiger partial charge in [0.05, 0.1) is 11.7 Å². The lowest BCUT2D eigenvalue weighted by Crippen LogP contribution is -2.29. The van der Waals surface area contributed by atoms with Crippen LogP contribution in [0.15, 0.2) is 48.9 Å². The van der Waals surface area contributed by atoms with Gasteiger partial charge in [0.25, 0.3) is 0 Å². The zero-order valence-corrected chi connectivity index (χ0v) is 14.8.